The fourth-order valence-electron chi connectivity index (χ4n) is 5.84. The Bertz CT molecular complexity index is 1650. The molecule has 2 aromatic rings. The first-order valence-electron chi connectivity index (χ1n) is 15.3. The number of hydrogen-bond acceptors (Lipinski definition) is 16. The van der Waals surface area contributed by atoms with Gasteiger partial charge in [0.15, 0.2) is 12.2 Å². The van der Waals surface area contributed by atoms with Gasteiger partial charge in [-0.3, -0.25) is 28.8 Å². The van der Waals surface area contributed by atoms with Gasteiger partial charge < -0.3 is 47.7 Å². The van der Waals surface area contributed by atoms with Gasteiger partial charge in [-0.05, 0) is 36.9 Å². The van der Waals surface area contributed by atoms with Crippen LogP contribution >= 0.6 is 0 Å². The van der Waals surface area contributed by atoms with E-state index in [1.165, 1.54) is 26.0 Å². The highest BCUT2D eigenvalue weighted by molar-refractivity contribution is 5.99. The summed E-state index contributed by atoms with van der Waals surface area (Å²) in [4.78, 5) is 73.1. The summed E-state index contributed by atoms with van der Waals surface area (Å²) in [6.45, 7) is 9.58. The van der Waals surface area contributed by atoms with Crippen molar-refractivity contribution in [2.75, 3.05) is 6.61 Å². The number of hydrogen-bond donors (Lipinski definition) is 1. The standard InChI is InChI=1S/C33H38O16/c1-13-26-23(28(40)14(2)42-13)10-21-9-22(43-16(4)35)11-24(27(21)30(26)45-18(6)37)48-33-32(47-20(8)39)31(46-19(7)38)29(44-17(5)36)25(49-33)12-41-15(3)34/h9-11,13-14,25,28-29,31-33,40H,12H2,1-8H3/t13-,14+,25+,28+,29+,31-,32+,33+/m0/s1. The zero-order chi connectivity index (χ0) is 36.3. The van der Waals surface area contributed by atoms with Crippen molar-refractivity contribution in [3.8, 4) is 17.2 Å². The minimum absolute atomic E-state index is 0.0306. The molecule has 0 saturated carbocycles. The van der Waals surface area contributed by atoms with Gasteiger partial charge in [-0.2, -0.15) is 0 Å². The van der Waals surface area contributed by atoms with Crippen molar-refractivity contribution in [3.05, 3.63) is 29.3 Å². The lowest BCUT2D eigenvalue weighted by molar-refractivity contribution is -0.288. The lowest BCUT2D eigenvalue weighted by Crippen LogP contribution is -2.63. The minimum atomic E-state index is -1.68. The first kappa shape index (κ1) is 37.0. The molecule has 0 radical (unpaired) electrons. The van der Waals surface area contributed by atoms with E-state index in [0.29, 0.717) is 11.1 Å². The normalized spacial score (nSPS) is 26.1. The fourth-order valence-corrected chi connectivity index (χ4v) is 5.84. The van der Waals surface area contributed by atoms with Gasteiger partial charge in [0.1, 0.15) is 36.1 Å². The van der Waals surface area contributed by atoms with Gasteiger partial charge >= 0.3 is 35.8 Å². The second-order valence-electron chi connectivity index (χ2n) is 11.5. The predicted octanol–water partition coefficient (Wildman–Crippen LogP) is 2.67. The van der Waals surface area contributed by atoms with Crippen molar-refractivity contribution < 1.29 is 76.5 Å². The van der Waals surface area contributed by atoms with Crippen LogP contribution < -0.4 is 14.2 Å². The number of ether oxygens (including phenoxy) is 9. The van der Waals surface area contributed by atoms with E-state index in [0.717, 1.165) is 27.7 Å². The summed E-state index contributed by atoms with van der Waals surface area (Å²) in [5, 5.41) is 11.5. The van der Waals surface area contributed by atoms with Crippen LogP contribution in [0.4, 0.5) is 0 Å². The topological polar surface area (TPSA) is 206 Å². The van der Waals surface area contributed by atoms with Crippen molar-refractivity contribution in [2.45, 2.75) is 104 Å². The molecule has 0 aromatic heterocycles. The molecular weight excluding hydrogens is 652 g/mol. The molecule has 0 unspecified atom stereocenters. The molecule has 8 atom stereocenters. The third-order valence-corrected chi connectivity index (χ3v) is 7.49. The van der Waals surface area contributed by atoms with Crippen LogP contribution in [-0.4, -0.2) is 84.3 Å². The highest BCUT2D eigenvalue weighted by Crippen LogP contribution is 2.49. The van der Waals surface area contributed by atoms with Crippen LogP contribution in [0.2, 0.25) is 0 Å². The van der Waals surface area contributed by atoms with Crippen molar-refractivity contribution in [3.63, 3.8) is 0 Å². The van der Waals surface area contributed by atoms with Gasteiger partial charge in [-0.25, -0.2) is 0 Å². The highest BCUT2D eigenvalue weighted by atomic mass is 16.7. The molecule has 49 heavy (non-hydrogen) atoms. The molecule has 0 spiro atoms. The largest absolute Gasteiger partial charge is 0.463 e. The van der Waals surface area contributed by atoms with Crippen LogP contribution in [0.3, 0.4) is 0 Å². The number of aliphatic hydroxyl groups is 1. The summed E-state index contributed by atoms with van der Waals surface area (Å²) in [6, 6.07) is 4.34. The zero-order valence-electron chi connectivity index (χ0n) is 28.1. The zero-order valence-corrected chi connectivity index (χ0v) is 28.1. The number of esters is 6. The number of aliphatic hydroxyl groups excluding tert-OH is 1. The molecule has 1 fully saturated rings. The monoisotopic (exact) mass is 690 g/mol. The summed E-state index contributed by atoms with van der Waals surface area (Å²) in [5.74, 6) is -4.87. The molecule has 2 aliphatic heterocycles. The SMILES string of the molecule is CC(=O)OC[C@H]1O[C@@H](Oc2cc(OC(C)=O)cc3cc4c(c(OC(C)=O)c23)[C@H](C)O[C@H](C)[C@H]4O)[C@H](OC(C)=O)[C@@H](OC(C)=O)[C@@H]1OC(C)=O. The average Bonchev–Trinajstić information content (AvgIpc) is 2.96. The van der Waals surface area contributed by atoms with Gasteiger partial charge in [-0.15, -0.1) is 0 Å². The van der Waals surface area contributed by atoms with Crippen molar-refractivity contribution in [2.24, 2.45) is 0 Å². The molecule has 2 aliphatic rings. The average molecular weight is 691 g/mol. The van der Waals surface area contributed by atoms with Crippen LogP contribution in [0.15, 0.2) is 18.2 Å². The van der Waals surface area contributed by atoms with E-state index in [9.17, 15) is 33.9 Å². The molecule has 4 rings (SSSR count). The van der Waals surface area contributed by atoms with Gasteiger partial charge in [0.05, 0.1) is 17.6 Å². The van der Waals surface area contributed by atoms with E-state index in [4.69, 9.17) is 42.6 Å². The number of fused-ring (bicyclic) bond motifs is 2. The quantitative estimate of drug-likeness (QED) is 0.228. The Morgan fingerprint density at radius 1 is 0.714 bits per heavy atom. The molecular formula is C33H38O16. The summed E-state index contributed by atoms with van der Waals surface area (Å²) in [7, 11) is 0. The van der Waals surface area contributed by atoms with Crippen LogP contribution in [0.5, 0.6) is 17.2 Å². The van der Waals surface area contributed by atoms with Crippen molar-refractivity contribution in [1.82, 2.24) is 0 Å². The Labute approximate surface area is 280 Å². The van der Waals surface area contributed by atoms with Gasteiger partial charge in [-0.1, -0.05) is 0 Å². The molecule has 0 amide bonds. The molecule has 2 aromatic carbocycles. The summed E-state index contributed by atoms with van der Waals surface area (Å²) >= 11 is 0. The lowest BCUT2D eigenvalue weighted by Gasteiger charge is -2.44. The number of carbonyl (C=O) groups excluding carboxylic acids is 6. The van der Waals surface area contributed by atoms with Gasteiger partial charge in [0.25, 0.3) is 0 Å². The molecule has 0 aliphatic carbocycles. The Morgan fingerprint density at radius 2 is 1.31 bits per heavy atom. The molecule has 1 N–H and O–H groups in total. The maximum absolute atomic E-state index is 12.5. The van der Waals surface area contributed by atoms with Crippen LogP contribution in [0.1, 0.15) is 78.7 Å². The second-order valence-corrected chi connectivity index (χ2v) is 11.5. The third kappa shape index (κ3) is 8.63. The Kier molecular flexibility index (Phi) is 11.5. The summed E-state index contributed by atoms with van der Waals surface area (Å²) < 4.78 is 51.0. The van der Waals surface area contributed by atoms with E-state index in [1.54, 1.807) is 19.9 Å². The second kappa shape index (κ2) is 15.2. The smallest absolute Gasteiger partial charge is 0.308 e. The van der Waals surface area contributed by atoms with E-state index in [1.807, 2.05) is 0 Å². The summed E-state index contributed by atoms with van der Waals surface area (Å²) in [5.41, 5.74) is 0.716. The van der Waals surface area contributed by atoms with E-state index >= 15 is 0 Å². The number of carbonyl (C=O) groups is 6. The summed E-state index contributed by atoms with van der Waals surface area (Å²) in [6.07, 6.45) is -10.1. The first-order chi connectivity index (χ1) is 23.0. The number of rotatable bonds is 9. The maximum atomic E-state index is 12.5. The number of benzene rings is 2. The van der Waals surface area contributed by atoms with E-state index in [2.05, 4.69) is 0 Å². The van der Waals surface area contributed by atoms with Gasteiger partial charge in [0.2, 0.25) is 12.4 Å². The third-order valence-electron chi connectivity index (χ3n) is 7.49. The predicted molar refractivity (Wildman–Crippen MR) is 163 cm³/mol. The molecule has 16 heteroatoms. The fraction of sp³-hybridized carbons (Fsp3) is 0.515. The molecule has 1 saturated heterocycles. The Hall–Kier alpha value is -4.80. The Balaban J connectivity index is 1.98. The van der Waals surface area contributed by atoms with Crippen LogP contribution in [0, 0.1) is 0 Å². The van der Waals surface area contributed by atoms with Crippen LogP contribution in [-0.2, 0) is 57.2 Å². The van der Waals surface area contributed by atoms with Crippen molar-refractivity contribution in [1.29, 1.82) is 0 Å². The highest BCUT2D eigenvalue weighted by Gasteiger charge is 2.53. The van der Waals surface area contributed by atoms with Crippen LogP contribution in [0.25, 0.3) is 10.8 Å². The minimum Gasteiger partial charge on any atom is -0.463 e. The van der Waals surface area contributed by atoms with Crippen molar-refractivity contribution >= 4 is 46.6 Å². The van der Waals surface area contributed by atoms with Gasteiger partial charge in [0, 0.05) is 53.2 Å². The maximum Gasteiger partial charge on any atom is 0.308 e. The lowest BCUT2D eigenvalue weighted by atomic mass is 9.88. The van der Waals surface area contributed by atoms with E-state index < -0.39 is 91.4 Å². The van der Waals surface area contributed by atoms with E-state index in [-0.39, 0.29) is 28.0 Å². The molecule has 0 bridgehead atoms. The first-order valence-corrected chi connectivity index (χ1v) is 15.3. The Morgan fingerprint density at radius 3 is 1.88 bits per heavy atom. The molecule has 16 nitrogen and oxygen atoms in total. The molecule has 2 heterocycles. The molecule has 266 valence electrons.